The molecule has 7 nitrogen and oxygen atoms in total. The van der Waals surface area contributed by atoms with Crippen LogP contribution in [0, 0.1) is 0 Å². The van der Waals surface area contributed by atoms with Crippen molar-refractivity contribution in [1.82, 2.24) is 9.80 Å². The highest BCUT2D eigenvalue weighted by Gasteiger charge is 2.42. The van der Waals surface area contributed by atoms with Gasteiger partial charge in [0, 0.05) is 51.1 Å². The fourth-order valence-electron chi connectivity index (χ4n) is 2.77. The minimum Gasteiger partial charge on any atom is -0.479 e. The molecule has 0 aromatic rings. The Hall–Kier alpha value is -2.28. The van der Waals surface area contributed by atoms with E-state index >= 15 is 0 Å². The van der Waals surface area contributed by atoms with Gasteiger partial charge in [0.05, 0.1) is 0 Å². The van der Waals surface area contributed by atoms with Crippen molar-refractivity contribution in [3.05, 3.63) is 36.3 Å². The van der Waals surface area contributed by atoms with E-state index in [1.54, 1.807) is 18.5 Å². The fraction of sp³-hybridized carbons (Fsp3) is 0.556. The Kier molecular flexibility index (Phi) is 5.57. The van der Waals surface area contributed by atoms with Gasteiger partial charge in [0.2, 0.25) is 0 Å². The second-order valence-electron chi connectivity index (χ2n) is 7.13. The molecule has 0 aromatic carbocycles. The molecule has 0 bridgehead atoms. The van der Waals surface area contributed by atoms with Crippen LogP contribution >= 0.6 is 0 Å². The number of likely N-dealkylation sites (tertiary alicyclic amines) is 1. The van der Waals surface area contributed by atoms with Gasteiger partial charge >= 0.3 is 12.1 Å². The molecule has 2 aliphatic rings. The molecule has 1 N–H and O–H groups in total. The molecule has 2 rings (SSSR count). The van der Waals surface area contributed by atoms with Crippen LogP contribution in [0.2, 0.25) is 0 Å². The number of aliphatic carboxylic acids is 1. The van der Waals surface area contributed by atoms with E-state index in [0.29, 0.717) is 25.9 Å². The Balaban J connectivity index is 2.01. The van der Waals surface area contributed by atoms with Crippen LogP contribution in [0.3, 0.4) is 0 Å². The molecule has 0 atom stereocenters. The molecule has 0 radical (unpaired) electrons. The predicted molar refractivity (Wildman–Crippen MR) is 92.6 cm³/mol. The number of carbonyl (C=O) groups is 2. The van der Waals surface area contributed by atoms with Gasteiger partial charge < -0.3 is 19.5 Å². The molecule has 2 heterocycles. The summed E-state index contributed by atoms with van der Waals surface area (Å²) in [7, 11) is 1.44. The van der Waals surface area contributed by atoms with Gasteiger partial charge in [-0.1, -0.05) is 0 Å². The molecule has 2 aliphatic heterocycles. The van der Waals surface area contributed by atoms with Crippen molar-refractivity contribution in [2.75, 3.05) is 20.2 Å². The molecule has 1 fully saturated rings. The lowest BCUT2D eigenvalue weighted by molar-refractivity contribution is -0.167. The number of allylic oxidation sites excluding steroid dienone is 3. The summed E-state index contributed by atoms with van der Waals surface area (Å²) in [5, 5.41) is 9.38. The predicted octanol–water partition coefficient (Wildman–Crippen LogP) is 2.71. The topological polar surface area (TPSA) is 79.3 Å². The lowest BCUT2D eigenvalue weighted by Gasteiger charge is -2.39. The van der Waals surface area contributed by atoms with Crippen LogP contribution in [0.15, 0.2) is 36.3 Å². The Morgan fingerprint density at radius 3 is 2.36 bits per heavy atom. The summed E-state index contributed by atoms with van der Waals surface area (Å²) < 4.78 is 10.6. The minimum absolute atomic E-state index is 0.406. The number of carbonyl (C=O) groups excluding carboxylic acids is 1. The van der Waals surface area contributed by atoms with Crippen molar-refractivity contribution in [2.45, 2.75) is 44.8 Å². The first-order valence-electron chi connectivity index (χ1n) is 8.28. The second kappa shape index (κ2) is 7.31. The van der Waals surface area contributed by atoms with Crippen LogP contribution in [-0.4, -0.2) is 58.4 Å². The van der Waals surface area contributed by atoms with E-state index in [1.807, 2.05) is 32.9 Å². The van der Waals surface area contributed by atoms with Gasteiger partial charge in [0.1, 0.15) is 5.60 Å². The lowest BCUT2D eigenvalue weighted by atomic mass is 9.91. The summed E-state index contributed by atoms with van der Waals surface area (Å²) in [6, 6.07) is 0. The van der Waals surface area contributed by atoms with Crippen LogP contribution < -0.4 is 0 Å². The van der Waals surface area contributed by atoms with E-state index in [4.69, 9.17) is 9.47 Å². The van der Waals surface area contributed by atoms with Crippen molar-refractivity contribution in [3.8, 4) is 0 Å². The zero-order chi connectivity index (χ0) is 18.7. The van der Waals surface area contributed by atoms with Crippen LogP contribution in [0.4, 0.5) is 4.79 Å². The van der Waals surface area contributed by atoms with Gasteiger partial charge in [-0.2, -0.15) is 0 Å². The normalized spacial score (nSPS) is 20.1. The van der Waals surface area contributed by atoms with Crippen molar-refractivity contribution < 1.29 is 24.2 Å². The van der Waals surface area contributed by atoms with Crippen LogP contribution in [-0.2, 0) is 14.3 Å². The second-order valence-corrected chi connectivity index (χ2v) is 7.13. The van der Waals surface area contributed by atoms with Gasteiger partial charge in [-0.25, -0.2) is 9.59 Å². The summed E-state index contributed by atoms with van der Waals surface area (Å²) in [6.07, 6.45) is 9.14. The number of rotatable bonds is 3. The molecule has 0 unspecified atom stereocenters. The molecule has 7 heteroatoms. The standard InChI is InChI=1S/C18H26N2O5/c1-17(2,3)25-16(23)20-10-5-6-14(7-11-20)19-12-8-18(24-4,9-13-19)15(21)22/h5-7,10-11H,8-9,12-13H2,1-4H3,(H,21,22). The van der Waals surface area contributed by atoms with Gasteiger partial charge in [-0.3, -0.25) is 4.90 Å². The van der Waals surface area contributed by atoms with Crippen LogP contribution in [0.25, 0.3) is 0 Å². The van der Waals surface area contributed by atoms with Gasteiger partial charge in [0.15, 0.2) is 5.60 Å². The largest absolute Gasteiger partial charge is 0.479 e. The molecule has 0 aliphatic carbocycles. The zero-order valence-corrected chi connectivity index (χ0v) is 15.2. The third-order valence-electron chi connectivity index (χ3n) is 4.24. The number of ether oxygens (including phenoxy) is 2. The van der Waals surface area contributed by atoms with Gasteiger partial charge in [-0.05, 0) is 39.0 Å². The van der Waals surface area contributed by atoms with Crippen LogP contribution in [0.1, 0.15) is 33.6 Å². The van der Waals surface area contributed by atoms with Crippen molar-refractivity contribution in [3.63, 3.8) is 0 Å². The number of hydrogen-bond donors (Lipinski definition) is 1. The van der Waals surface area contributed by atoms with E-state index in [9.17, 15) is 14.7 Å². The number of hydrogen-bond acceptors (Lipinski definition) is 5. The Labute approximate surface area is 148 Å². The molecule has 25 heavy (non-hydrogen) atoms. The number of carboxylic acid groups (broad SMARTS) is 1. The number of methoxy groups -OCH3 is 1. The first kappa shape index (κ1) is 19.1. The average Bonchev–Trinajstić information content (AvgIpc) is 2.79. The minimum atomic E-state index is -1.11. The SMILES string of the molecule is COC1(C(=O)O)CCN(C2=CC=CN(C(=O)OC(C)(C)C)C=C2)CC1. The summed E-state index contributed by atoms with van der Waals surface area (Å²) >= 11 is 0. The quantitative estimate of drug-likeness (QED) is 0.843. The highest BCUT2D eigenvalue weighted by molar-refractivity contribution is 5.77. The lowest BCUT2D eigenvalue weighted by Crippen LogP contribution is -2.50. The average molecular weight is 350 g/mol. The van der Waals surface area contributed by atoms with E-state index in [1.165, 1.54) is 12.0 Å². The Bertz CT molecular complexity index is 607. The summed E-state index contributed by atoms with van der Waals surface area (Å²) in [5.74, 6) is -0.920. The molecule has 1 amide bonds. The fourth-order valence-corrected chi connectivity index (χ4v) is 2.77. The van der Waals surface area contributed by atoms with Crippen molar-refractivity contribution in [2.24, 2.45) is 0 Å². The number of amides is 1. The summed E-state index contributed by atoms with van der Waals surface area (Å²) in [5.41, 5.74) is -0.754. The third kappa shape index (κ3) is 4.63. The smallest absolute Gasteiger partial charge is 0.418 e. The number of piperidine rings is 1. The molecular weight excluding hydrogens is 324 g/mol. The van der Waals surface area contributed by atoms with Gasteiger partial charge in [-0.15, -0.1) is 0 Å². The highest BCUT2D eigenvalue weighted by Crippen LogP contribution is 2.28. The van der Waals surface area contributed by atoms with Crippen molar-refractivity contribution >= 4 is 12.1 Å². The molecule has 1 saturated heterocycles. The molecule has 138 valence electrons. The monoisotopic (exact) mass is 350 g/mol. The Morgan fingerprint density at radius 1 is 1.20 bits per heavy atom. The highest BCUT2D eigenvalue weighted by atomic mass is 16.6. The Morgan fingerprint density at radius 2 is 1.84 bits per heavy atom. The van der Waals surface area contributed by atoms with Crippen molar-refractivity contribution in [1.29, 1.82) is 0 Å². The van der Waals surface area contributed by atoms with E-state index in [0.717, 1.165) is 5.70 Å². The first-order chi connectivity index (χ1) is 11.7. The van der Waals surface area contributed by atoms with E-state index in [2.05, 4.69) is 4.90 Å². The van der Waals surface area contributed by atoms with E-state index in [-0.39, 0.29) is 0 Å². The number of carboxylic acids is 1. The third-order valence-corrected chi connectivity index (χ3v) is 4.24. The summed E-state index contributed by atoms with van der Waals surface area (Å²) in [4.78, 5) is 27.0. The maximum Gasteiger partial charge on any atom is 0.418 e. The van der Waals surface area contributed by atoms with Gasteiger partial charge in [0.25, 0.3) is 0 Å². The maximum absolute atomic E-state index is 12.1. The number of nitrogens with zero attached hydrogens (tertiary/aromatic N) is 2. The molecule has 0 saturated carbocycles. The summed E-state index contributed by atoms with van der Waals surface area (Å²) in [6.45, 7) is 6.58. The molecule has 0 spiro atoms. The van der Waals surface area contributed by atoms with E-state index < -0.39 is 23.3 Å². The molecule has 0 aromatic heterocycles. The maximum atomic E-state index is 12.1. The molecular formula is C18H26N2O5. The first-order valence-corrected chi connectivity index (χ1v) is 8.28. The zero-order valence-electron chi connectivity index (χ0n) is 15.2. The van der Waals surface area contributed by atoms with Crippen LogP contribution in [0.5, 0.6) is 0 Å².